The smallest absolute Gasteiger partial charge is 0.281 e. The van der Waals surface area contributed by atoms with Crippen molar-refractivity contribution in [2.75, 3.05) is 0 Å². The number of hydrogen-bond acceptors (Lipinski definition) is 1. The van der Waals surface area contributed by atoms with Gasteiger partial charge < -0.3 is 4.81 Å². The second-order valence-electron chi connectivity index (χ2n) is 1.51. The van der Waals surface area contributed by atoms with E-state index in [0.29, 0.717) is 0 Å². The van der Waals surface area contributed by atoms with Gasteiger partial charge in [0.15, 0.2) is 0 Å². The Labute approximate surface area is 50.3 Å². The molecule has 1 aliphatic heterocycles. The summed E-state index contributed by atoms with van der Waals surface area (Å²) in [5.74, 6) is 1.96. The minimum Gasteiger partial charge on any atom is -0.398 e. The van der Waals surface area contributed by atoms with E-state index in [-0.39, 0.29) is 0 Å². The van der Waals surface area contributed by atoms with E-state index in [1.54, 1.807) is 6.20 Å². The highest BCUT2D eigenvalue weighted by Gasteiger charge is 1.92. The molecule has 0 aromatic rings. The van der Waals surface area contributed by atoms with Crippen molar-refractivity contribution in [1.29, 1.82) is 0 Å². The van der Waals surface area contributed by atoms with E-state index in [9.17, 15) is 0 Å². The highest BCUT2D eigenvalue weighted by Crippen LogP contribution is 1.93. The fraction of sp³-hybridized carbons (Fsp3) is 0. The van der Waals surface area contributed by atoms with Crippen LogP contribution in [0.4, 0.5) is 0 Å². The van der Waals surface area contributed by atoms with Gasteiger partial charge in [-0.2, -0.15) is 0 Å². The van der Waals surface area contributed by atoms with Gasteiger partial charge in [-0.25, -0.2) is 0 Å². The zero-order chi connectivity index (χ0) is 5.82. The highest BCUT2D eigenvalue weighted by molar-refractivity contribution is 6.40. The fourth-order valence-corrected chi connectivity index (χ4v) is 0.534. The van der Waals surface area contributed by atoms with E-state index >= 15 is 0 Å². The lowest BCUT2D eigenvalue weighted by molar-refractivity contribution is 0.813. The Balaban J connectivity index is 2.51. The van der Waals surface area contributed by atoms with Crippen molar-refractivity contribution in [3.63, 3.8) is 0 Å². The van der Waals surface area contributed by atoms with Crippen LogP contribution in [0.1, 0.15) is 0 Å². The Morgan fingerprint density at radius 3 is 2.75 bits per heavy atom. The Kier molecular flexibility index (Phi) is 1.57. The van der Waals surface area contributed by atoms with Crippen molar-refractivity contribution >= 4 is 7.41 Å². The minimum absolute atomic E-state index is 1.75. The normalized spacial score (nSPS) is 15.8. The Hall–Kier alpha value is -0.915. The summed E-state index contributed by atoms with van der Waals surface area (Å²) in [5, 5.41) is 0. The van der Waals surface area contributed by atoms with Gasteiger partial charge in [0, 0.05) is 0 Å². The highest BCUT2D eigenvalue weighted by atomic mass is 15.0. The van der Waals surface area contributed by atoms with Crippen molar-refractivity contribution in [1.82, 2.24) is 4.81 Å². The van der Waals surface area contributed by atoms with Crippen LogP contribution in [0.3, 0.4) is 0 Å². The summed E-state index contributed by atoms with van der Waals surface area (Å²) in [5.41, 5.74) is 0. The molecule has 2 heteroatoms. The van der Waals surface area contributed by atoms with Crippen molar-refractivity contribution in [3.8, 4) is 0 Å². The first-order valence-corrected chi connectivity index (χ1v) is 2.52. The van der Waals surface area contributed by atoms with E-state index in [1.807, 2.05) is 36.6 Å². The second-order valence-corrected chi connectivity index (χ2v) is 1.51. The Morgan fingerprint density at radius 2 is 2.38 bits per heavy atom. The lowest BCUT2D eigenvalue weighted by atomic mass is 9.90. The van der Waals surface area contributed by atoms with E-state index < -0.39 is 0 Å². The van der Waals surface area contributed by atoms with Crippen molar-refractivity contribution in [3.05, 3.63) is 37.1 Å². The molecule has 0 amide bonds. The molecule has 1 heterocycles. The fourth-order valence-electron chi connectivity index (χ4n) is 0.534. The van der Waals surface area contributed by atoms with Crippen LogP contribution in [0.25, 0.3) is 0 Å². The minimum atomic E-state index is 1.75. The monoisotopic (exact) mass is 104 g/mol. The molecule has 1 radical (unpaired) electrons. The zero-order valence-electron chi connectivity index (χ0n) is 4.62. The summed E-state index contributed by atoms with van der Waals surface area (Å²) in [6, 6.07) is 0. The van der Waals surface area contributed by atoms with Crippen LogP contribution in [0, 0.1) is 0 Å². The summed E-state index contributed by atoms with van der Waals surface area (Å²) < 4.78 is 0. The summed E-state index contributed by atoms with van der Waals surface area (Å²) in [6.45, 7) is 3.59. The lowest BCUT2D eigenvalue weighted by Crippen LogP contribution is -2.14. The summed E-state index contributed by atoms with van der Waals surface area (Å²) in [6.07, 6.45) is 7.62. The van der Waals surface area contributed by atoms with Crippen LogP contribution in [0.5, 0.6) is 0 Å². The average Bonchev–Trinajstić information content (AvgIpc) is 1.90. The molecule has 0 spiro atoms. The lowest BCUT2D eigenvalue weighted by Gasteiger charge is -2.11. The predicted molar refractivity (Wildman–Crippen MR) is 36.1 cm³/mol. The molecule has 39 valence electrons. The van der Waals surface area contributed by atoms with Gasteiger partial charge in [0.05, 0.1) is 0 Å². The first-order valence-electron chi connectivity index (χ1n) is 2.52. The maximum atomic E-state index is 3.59. The van der Waals surface area contributed by atoms with Crippen LogP contribution in [0.15, 0.2) is 37.1 Å². The third-order valence-electron chi connectivity index (χ3n) is 0.949. The molecule has 0 aliphatic carbocycles. The number of hydrogen-bond donors (Lipinski definition) is 0. The van der Waals surface area contributed by atoms with Crippen molar-refractivity contribution < 1.29 is 0 Å². The maximum Gasteiger partial charge on any atom is 0.281 e. The van der Waals surface area contributed by atoms with Crippen LogP contribution in [-0.2, 0) is 0 Å². The van der Waals surface area contributed by atoms with Gasteiger partial charge in [0.25, 0.3) is 7.41 Å². The Morgan fingerprint density at radius 1 is 1.50 bits per heavy atom. The van der Waals surface area contributed by atoms with E-state index in [0.717, 1.165) is 0 Å². The summed E-state index contributed by atoms with van der Waals surface area (Å²) >= 11 is 0. The molecule has 0 bridgehead atoms. The van der Waals surface area contributed by atoms with E-state index in [2.05, 4.69) is 6.58 Å². The van der Waals surface area contributed by atoms with Crippen LogP contribution >= 0.6 is 0 Å². The molecule has 0 saturated heterocycles. The first kappa shape index (κ1) is 5.23. The quantitative estimate of drug-likeness (QED) is 0.450. The maximum absolute atomic E-state index is 3.59. The SMILES string of the molecule is C=CN1[B]C=CC=C1. The molecule has 0 aromatic heterocycles. The first-order chi connectivity index (χ1) is 3.93. The third-order valence-corrected chi connectivity index (χ3v) is 0.949. The number of allylic oxidation sites excluding steroid dienone is 2. The standard InChI is InChI=1S/C6H7BN/c1-2-8-6-4-3-5-7-8/h2-6H,1H2. The average molecular weight is 104 g/mol. The largest absolute Gasteiger partial charge is 0.398 e. The molecule has 1 aliphatic rings. The third kappa shape index (κ3) is 1.03. The number of nitrogens with zero attached hydrogens (tertiary/aromatic N) is 1. The predicted octanol–water partition coefficient (Wildman–Crippen LogP) is 1.09. The molecule has 0 aromatic carbocycles. The second kappa shape index (κ2) is 2.41. The zero-order valence-corrected chi connectivity index (χ0v) is 4.62. The van der Waals surface area contributed by atoms with Crippen LogP contribution < -0.4 is 0 Å². The van der Waals surface area contributed by atoms with Gasteiger partial charge in [-0.1, -0.05) is 18.6 Å². The molecule has 8 heavy (non-hydrogen) atoms. The number of rotatable bonds is 1. The van der Waals surface area contributed by atoms with E-state index in [1.165, 1.54) is 0 Å². The molecule has 0 saturated carbocycles. The van der Waals surface area contributed by atoms with Gasteiger partial charge >= 0.3 is 0 Å². The Bertz CT molecular complexity index is 137. The topological polar surface area (TPSA) is 3.24 Å². The summed E-state index contributed by atoms with van der Waals surface area (Å²) in [4.78, 5) is 1.89. The van der Waals surface area contributed by atoms with Gasteiger partial charge in [-0.05, 0) is 18.5 Å². The molecular weight excluding hydrogens is 96.9 g/mol. The summed E-state index contributed by atoms with van der Waals surface area (Å²) in [7, 11) is 1.94. The van der Waals surface area contributed by atoms with Crippen molar-refractivity contribution in [2.45, 2.75) is 0 Å². The van der Waals surface area contributed by atoms with Crippen LogP contribution in [0.2, 0.25) is 0 Å². The van der Waals surface area contributed by atoms with Crippen molar-refractivity contribution in [2.24, 2.45) is 0 Å². The molecule has 1 nitrogen and oxygen atoms in total. The molecule has 1 rings (SSSR count). The van der Waals surface area contributed by atoms with Gasteiger partial charge in [-0.3, -0.25) is 0 Å². The molecule has 0 unspecified atom stereocenters. The van der Waals surface area contributed by atoms with E-state index in [4.69, 9.17) is 0 Å². The molecular formula is C6H7BN. The molecule has 0 atom stereocenters. The molecule has 0 fully saturated rings. The molecule has 0 N–H and O–H groups in total. The van der Waals surface area contributed by atoms with Gasteiger partial charge in [0.1, 0.15) is 0 Å². The van der Waals surface area contributed by atoms with Gasteiger partial charge in [0.2, 0.25) is 0 Å². The van der Waals surface area contributed by atoms with Crippen LogP contribution in [-0.4, -0.2) is 12.2 Å². The van der Waals surface area contributed by atoms with Gasteiger partial charge in [-0.15, -0.1) is 0 Å².